The molecule has 1 aromatic heterocycles. The average molecular weight is 268 g/mol. The van der Waals surface area contributed by atoms with Crippen LogP contribution < -0.4 is 0 Å². The first kappa shape index (κ1) is 12.5. The molecule has 17 heavy (non-hydrogen) atoms. The van der Waals surface area contributed by atoms with Crippen molar-refractivity contribution in [3.05, 3.63) is 29.3 Å². The summed E-state index contributed by atoms with van der Waals surface area (Å²) in [5, 5.41) is 10.6. The van der Waals surface area contributed by atoms with E-state index in [0.29, 0.717) is 5.25 Å². The van der Waals surface area contributed by atoms with Crippen molar-refractivity contribution in [2.24, 2.45) is 7.05 Å². The third-order valence-electron chi connectivity index (χ3n) is 2.28. The summed E-state index contributed by atoms with van der Waals surface area (Å²) in [6.07, 6.45) is 0. The summed E-state index contributed by atoms with van der Waals surface area (Å²) in [5.41, 5.74) is 1.03. The van der Waals surface area contributed by atoms with Gasteiger partial charge in [0.1, 0.15) is 0 Å². The standard InChI is InChI=1S/C12H14ClN3S/c1-8(2)17-12-15-14-11(16(12)3)9-4-6-10(13)7-5-9/h4-8H,1-3H3. The van der Waals surface area contributed by atoms with Gasteiger partial charge in [0.25, 0.3) is 0 Å². The van der Waals surface area contributed by atoms with Crippen molar-refractivity contribution in [3.63, 3.8) is 0 Å². The Morgan fingerprint density at radius 1 is 1.18 bits per heavy atom. The van der Waals surface area contributed by atoms with E-state index in [4.69, 9.17) is 11.6 Å². The van der Waals surface area contributed by atoms with E-state index in [0.717, 1.165) is 21.6 Å². The van der Waals surface area contributed by atoms with Gasteiger partial charge >= 0.3 is 0 Å². The molecule has 0 spiro atoms. The van der Waals surface area contributed by atoms with Crippen LogP contribution in [0.2, 0.25) is 5.02 Å². The molecular weight excluding hydrogens is 254 g/mol. The highest BCUT2D eigenvalue weighted by Gasteiger charge is 2.12. The zero-order chi connectivity index (χ0) is 12.4. The van der Waals surface area contributed by atoms with E-state index in [1.54, 1.807) is 11.8 Å². The van der Waals surface area contributed by atoms with Crippen molar-refractivity contribution >= 4 is 23.4 Å². The fourth-order valence-corrected chi connectivity index (χ4v) is 2.36. The molecule has 0 unspecified atom stereocenters. The number of rotatable bonds is 3. The molecule has 0 N–H and O–H groups in total. The van der Waals surface area contributed by atoms with E-state index in [9.17, 15) is 0 Å². The Kier molecular flexibility index (Phi) is 3.74. The lowest BCUT2D eigenvalue weighted by Gasteiger charge is -2.05. The number of benzene rings is 1. The lowest BCUT2D eigenvalue weighted by Crippen LogP contribution is -1.97. The van der Waals surface area contributed by atoms with Gasteiger partial charge in [0.05, 0.1) is 0 Å². The zero-order valence-electron chi connectivity index (χ0n) is 10.0. The number of thioether (sulfide) groups is 1. The highest BCUT2D eigenvalue weighted by molar-refractivity contribution is 7.99. The predicted octanol–water partition coefficient (Wildman–Crippen LogP) is 3.64. The maximum atomic E-state index is 5.87. The van der Waals surface area contributed by atoms with Crippen LogP contribution in [0.4, 0.5) is 0 Å². The summed E-state index contributed by atoms with van der Waals surface area (Å²) in [6.45, 7) is 4.28. The second-order valence-electron chi connectivity index (χ2n) is 4.04. The molecule has 0 aliphatic heterocycles. The smallest absolute Gasteiger partial charge is 0.191 e. The van der Waals surface area contributed by atoms with E-state index < -0.39 is 0 Å². The van der Waals surface area contributed by atoms with Crippen LogP contribution >= 0.6 is 23.4 Å². The Balaban J connectivity index is 2.33. The van der Waals surface area contributed by atoms with Crippen molar-refractivity contribution < 1.29 is 0 Å². The predicted molar refractivity (Wildman–Crippen MR) is 72.4 cm³/mol. The highest BCUT2D eigenvalue weighted by Crippen LogP contribution is 2.25. The normalized spacial score (nSPS) is 11.1. The minimum absolute atomic E-state index is 0.496. The van der Waals surface area contributed by atoms with Crippen LogP contribution in [-0.2, 0) is 7.05 Å². The van der Waals surface area contributed by atoms with Crippen LogP contribution in [0.15, 0.2) is 29.4 Å². The Bertz CT molecular complexity index is 505. The van der Waals surface area contributed by atoms with E-state index in [1.165, 1.54) is 0 Å². The Labute approximate surface area is 110 Å². The molecule has 0 radical (unpaired) electrons. The van der Waals surface area contributed by atoms with Crippen LogP contribution in [0.25, 0.3) is 11.4 Å². The van der Waals surface area contributed by atoms with Crippen molar-refractivity contribution in [2.45, 2.75) is 24.3 Å². The minimum atomic E-state index is 0.496. The summed E-state index contributed by atoms with van der Waals surface area (Å²) in [4.78, 5) is 0. The van der Waals surface area contributed by atoms with Crippen LogP contribution in [0.5, 0.6) is 0 Å². The number of nitrogens with zero attached hydrogens (tertiary/aromatic N) is 3. The molecule has 0 fully saturated rings. The topological polar surface area (TPSA) is 30.7 Å². The minimum Gasteiger partial charge on any atom is -0.305 e. The lowest BCUT2D eigenvalue weighted by molar-refractivity contribution is 0.790. The molecule has 0 aliphatic rings. The van der Waals surface area contributed by atoms with Crippen LogP contribution in [0, 0.1) is 0 Å². The summed E-state index contributed by atoms with van der Waals surface area (Å²) >= 11 is 7.57. The van der Waals surface area contributed by atoms with E-state index in [-0.39, 0.29) is 0 Å². The molecule has 5 heteroatoms. The van der Waals surface area contributed by atoms with E-state index in [2.05, 4.69) is 24.0 Å². The van der Waals surface area contributed by atoms with E-state index in [1.807, 2.05) is 35.9 Å². The first-order chi connectivity index (χ1) is 8.08. The number of hydrogen-bond acceptors (Lipinski definition) is 3. The Morgan fingerprint density at radius 3 is 2.41 bits per heavy atom. The second kappa shape index (κ2) is 5.10. The Morgan fingerprint density at radius 2 is 1.82 bits per heavy atom. The number of hydrogen-bond donors (Lipinski definition) is 0. The zero-order valence-corrected chi connectivity index (χ0v) is 11.6. The third-order valence-corrected chi connectivity index (χ3v) is 3.57. The molecule has 1 heterocycles. The molecule has 0 amide bonds. The first-order valence-corrected chi connectivity index (χ1v) is 6.65. The van der Waals surface area contributed by atoms with Gasteiger partial charge in [0.15, 0.2) is 11.0 Å². The van der Waals surface area contributed by atoms with Crippen LogP contribution in [0.3, 0.4) is 0 Å². The quantitative estimate of drug-likeness (QED) is 0.796. The summed E-state index contributed by atoms with van der Waals surface area (Å²) in [7, 11) is 1.98. The van der Waals surface area contributed by atoms with Crippen LogP contribution in [-0.4, -0.2) is 20.0 Å². The molecule has 2 rings (SSSR count). The monoisotopic (exact) mass is 267 g/mol. The summed E-state index contributed by atoms with van der Waals surface area (Å²) in [6, 6.07) is 7.63. The SMILES string of the molecule is CC(C)Sc1nnc(-c2ccc(Cl)cc2)n1C. The summed E-state index contributed by atoms with van der Waals surface area (Å²) < 4.78 is 2.01. The van der Waals surface area contributed by atoms with Gasteiger partial charge in [-0.05, 0) is 24.3 Å². The Hall–Kier alpha value is -1.00. The maximum absolute atomic E-state index is 5.87. The van der Waals surface area contributed by atoms with Gasteiger partial charge in [-0.1, -0.05) is 37.2 Å². The molecule has 0 aliphatic carbocycles. The average Bonchev–Trinajstić information content (AvgIpc) is 2.61. The van der Waals surface area contributed by atoms with Gasteiger partial charge in [0.2, 0.25) is 0 Å². The van der Waals surface area contributed by atoms with Gasteiger partial charge in [-0.2, -0.15) is 0 Å². The molecule has 0 saturated carbocycles. The van der Waals surface area contributed by atoms with Crippen LogP contribution in [0.1, 0.15) is 13.8 Å². The van der Waals surface area contributed by atoms with Gasteiger partial charge in [-0.3, -0.25) is 0 Å². The molecule has 0 atom stereocenters. The lowest BCUT2D eigenvalue weighted by atomic mass is 10.2. The summed E-state index contributed by atoms with van der Waals surface area (Å²) in [5.74, 6) is 0.866. The van der Waals surface area contributed by atoms with E-state index >= 15 is 0 Å². The molecule has 0 bridgehead atoms. The number of aromatic nitrogens is 3. The molecule has 90 valence electrons. The largest absolute Gasteiger partial charge is 0.305 e. The fourth-order valence-electron chi connectivity index (χ4n) is 1.48. The number of halogens is 1. The second-order valence-corrected chi connectivity index (χ2v) is 6.02. The molecule has 0 saturated heterocycles. The van der Waals surface area contributed by atoms with Crippen molar-refractivity contribution in [2.75, 3.05) is 0 Å². The van der Waals surface area contributed by atoms with Crippen molar-refractivity contribution in [1.82, 2.24) is 14.8 Å². The molecule has 1 aromatic carbocycles. The van der Waals surface area contributed by atoms with Gasteiger partial charge in [-0.25, -0.2) is 0 Å². The highest BCUT2D eigenvalue weighted by atomic mass is 35.5. The molecular formula is C12H14ClN3S. The molecule has 3 nitrogen and oxygen atoms in total. The van der Waals surface area contributed by atoms with Crippen molar-refractivity contribution in [3.8, 4) is 11.4 Å². The van der Waals surface area contributed by atoms with Gasteiger partial charge in [0, 0.05) is 22.9 Å². The van der Waals surface area contributed by atoms with Gasteiger partial charge in [-0.15, -0.1) is 10.2 Å². The first-order valence-electron chi connectivity index (χ1n) is 5.40. The maximum Gasteiger partial charge on any atom is 0.191 e. The third kappa shape index (κ3) is 2.82. The molecule has 2 aromatic rings. The fraction of sp³-hybridized carbons (Fsp3) is 0.333. The van der Waals surface area contributed by atoms with Crippen molar-refractivity contribution in [1.29, 1.82) is 0 Å². The van der Waals surface area contributed by atoms with Gasteiger partial charge < -0.3 is 4.57 Å².